The molecule has 0 aromatic heterocycles. The Balaban J connectivity index is 2.25. The quantitative estimate of drug-likeness (QED) is 0.447. The monoisotopic (exact) mass is 115 g/mol. The number of hydrogen-bond acceptors (Lipinski definition) is 4. The lowest BCUT2D eigenvalue weighted by Crippen LogP contribution is -2.39. The lowest BCUT2D eigenvalue weighted by molar-refractivity contribution is -0.116. The van der Waals surface area contributed by atoms with Gasteiger partial charge in [-0.3, -0.25) is 10.2 Å². The minimum Gasteiger partial charge on any atom is -0.394 e. The molecule has 5 nitrogen and oxygen atoms in total. The van der Waals surface area contributed by atoms with E-state index in [-0.39, 0.29) is 0 Å². The Morgan fingerprint density at radius 3 is 3.25 bits per heavy atom. The molecule has 5 heteroatoms. The highest BCUT2D eigenvalue weighted by molar-refractivity contribution is 5.45. The van der Waals surface area contributed by atoms with Crippen molar-refractivity contribution in [1.82, 2.24) is 16.1 Å². The van der Waals surface area contributed by atoms with E-state index in [4.69, 9.17) is 0 Å². The Labute approximate surface area is 45.8 Å². The van der Waals surface area contributed by atoms with Crippen LogP contribution in [0.15, 0.2) is 12.5 Å². The summed E-state index contributed by atoms with van der Waals surface area (Å²) < 4.78 is 0. The Morgan fingerprint density at radius 1 is 1.88 bits per heavy atom. The molecular formula is C3H5N3O2. The first-order valence-corrected chi connectivity index (χ1v) is 2.00. The number of hydrogen-bond donors (Lipinski definition) is 2. The molecule has 0 aromatic carbocycles. The van der Waals surface area contributed by atoms with Gasteiger partial charge < -0.3 is 4.84 Å². The number of amides is 1. The standard InChI is InChI=1S/C3H5N3O2/c7-3-4-6-1-2-8-5-6/h1-3,5H,(H,4,7). The van der Waals surface area contributed by atoms with Crippen molar-refractivity contribution in [1.29, 1.82) is 0 Å². The van der Waals surface area contributed by atoms with Crippen LogP contribution in [0, 0.1) is 0 Å². The van der Waals surface area contributed by atoms with Gasteiger partial charge in [0.15, 0.2) is 0 Å². The first-order valence-electron chi connectivity index (χ1n) is 2.00. The van der Waals surface area contributed by atoms with Crippen LogP contribution in [-0.2, 0) is 9.63 Å². The summed E-state index contributed by atoms with van der Waals surface area (Å²) in [5.74, 6) is 0. The highest BCUT2D eigenvalue weighted by Gasteiger charge is 1.98. The molecule has 0 spiro atoms. The summed E-state index contributed by atoms with van der Waals surface area (Å²) in [6.07, 6.45) is 3.46. The van der Waals surface area contributed by atoms with Crippen LogP contribution in [0.4, 0.5) is 0 Å². The van der Waals surface area contributed by atoms with Gasteiger partial charge in [-0.2, -0.15) is 5.12 Å². The minimum absolute atomic E-state index is 0.534. The molecule has 2 N–H and O–H groups in total. The smallest absolute Gasteiger partial charge is 0.226 e. The second-order valence-corrected chi connectivity index (χ2v) is 1.11. The van der Waals surface area contributed by atoms with Crippen LogP contribution in [0.1, 0.15) is 0 Å². The van der Waals surface area contributed by atoms with Crippen LogP contribution in [0.3, 0.4) is 0 Å². The van der Waals surface area contributed by atoms with E-state index in [1.807, 2.05) is 0 Å². The molecule has 1 aliphatic heterocycles. The van der Waals surface area contributed by atoms with E-state index in [2.05, 4.69) is 15.9 Å². The number of nitrogens with zero attached hydrogens (tertiary/aromatic N) is 1. The van der Waals surface area contributed by atoms with Gasteiger partial charge >= 0.3 is 0 Å². The topological polar surface area (TPSA) is 53.6 Å². The molecule has 1 aliphatic rings. The largest absolute Gasteiger partial charge is 0.394 e. The maximum Gasteiger partial charge on any atom is 0.226 e. The van der Waals surface area contributed by atoms with E-state index >= 15 is 0 Å². The minimum atomic E-state index is 0.534. The zero-order valence-electron chi connectivity index (χ0n) is 4.00. The predicted octanol–water partition coefficient (Wildman–Crippen LogP) is -1.13. The molecule has 0 radical (unpaired) electrons. The lowest BCUT2D eigenvalue weighted by atomic mass is 11.0. The maximum atomic E-state index is 9.68. The summed E-state index contributed by atoms with van der Waals surface area (Å²) in [5.41, 5.74) is 4.61. The first kappa shape index (κ1) is 4.92. The normalized spacial score (nSPS) is 15.8. The van der Waals surface area contributed by atoms with Gasteiger partial charge in [-0.25, -0.2) is 0 Å². The summed E-state index contributed by atoms with van der Waals surface area (Å²) in [4.78, 5) is 14.2. The number of carbonyl (C=O) groups is 1. The van der Waals surface area contributed by atoms with Gasteiger partial charge in [0.25, 0.3) is 0 Å². The van der Waals surface area contributed by atoms with Crippen molar-refractivity contribution in [2.75, 3.05) is 0 Å². The fraction of sp³-hybridized carbons (Fsp3) is 0. The second kappa shape index (κ2) is 2.17. The van der Waals surface area contributed by atoms with Gasteiger partial charge in [-0.05, 0) is 5.59 Å². The van der Waals surface area contributed by atoms with Crippen LogP contribution >= 0.6 is 0 Å². The molecule has 0 saturated heterocycles. The third kappa shape index (κ3) is 0.881. The van der Waals surface area contributed by atoms with Crippen molar-refractivity contribution in [2.24, 2.45) is 0 Å². The van der Waals surface area contributed by atoms with E-state index in [0.29, 0.717) is 6.41 Å². The first-order chi connectivity index (χ1) is 3.93. The van der Waals surface area contributed by atoms with Gasteiger partial charge in [-0.15, -0.1) is 0 Å². The lowest BCUT2D eigenvalue weighted by Gasteiger charge is -2.09. The van der Waals surface area contributed by atoms with Crippen LogP contribution in [0.5, 0.6) is 0 Å². The van der Waals surface area contributed by atoms with Crippen LogP contribution in [0.2, 0.25) is 0 Å². The second-order valence-electron chi connectivity index (χ2n) is 1.11. The van der Waals surface area contributed by atoms with Crippen molar-refractivity contribution in [3.8, 4) is 0 Å². The number of hydrazine groups is 2. The zero-order chi connectivity index (χ0) is 5.82. The molecule has 0 aromatic rings. The van der Waals surface area contributed by atoms with Crippen molar-refractivity contribution in [2.45, 2.75) is 0 Å². The molecule has 1 amide bonds. The number of carbonyl (C=O) groups excluding carboxylic acids is 1. The van der Waals surface area contributed by atoms with Crippen molar-refractivity contribution in [3.05, 3.63) is 12.5 Å². The summed E-state index contributed by atoms with van der Waals surface area (Å²) in [6, 6.07) is 0. The molecule has 0 saturated carbocycles. The van der Waals surface area contributed by atoms with Gasteiger partial charge in [0.1, 0.15) is 6.26 Å². The highest BCUT2D eigenvalue weighted by atomic mass is 16.7. The maximum absolute atomic E-state index is 9.68. The van der Waals surface area contributed by atoms with E-state index in [9.17, 15) is 4.79 Å². The fourth-order valence-electron chi connectivity index (χ4n) is 0.335. The van der Waals surface area contributed by atoms with Crippen molar-refractivity contribution < 1.29 is 9.63 Å². The molecule has 0 atom stereocenters. The molecular weight excluding hydrogens is 110 g/mol. The Hall–Kier alpha value is -1.23. The van der Waals surface area contributed by atoms with E-state index in [0.717, 1.165) is 0 Å². The third-order valence-electron chi connectivity index (χ3n) is 0.621. The Bertz CT molecular complexity index is 113. The van der Waals surface area contributed by atoms with E-state index in [1.165, 1.54) is 17.6 Å². The van der Waals surface area contributed by atoms with Crippen molar-refractivity contribution in [3.63, 3.8) is 0 Å². The molecule has 0 unspecified atom stereocenters. The average molecular weight is 115 g/mol. The predicted molar refractivity (Wildman–Crippen MR) is 24.4 cm³/mol. The SMILES string of the molecule is O=CNN1C=CON1. The fourth-order valence-corrected chi connectivity index (χ4v) is 0.335. The van der Waals surface area contributed by atoms with Gasteiger partial charge in [0, 0.05) is 0 Å². The van der Waals surface area contributed by atoms with Gasteiger partial charge in [0.05, 0.1) is 6.20 Å². The average Bonchev–Trinajstić information content (AvgIpc) is 2.19. The summed E-state index contributed by atoms with van der Waals surface area (Å²) in [7, 11) is 0. The zero-order valence-corrected chi connectivity index (χ0v) is 4.00. The molecule has 1 heterocycles. The molecule has 8 heavy (non-hydrogen) atoms. The van der Waals surface area contributed by atoms with E-state index in [1.54, 1.807) is 0 Å². The van der Waals surface area contributed by atoms with Gasteiger partial charge in [0.2, 0.25) is 6.41 Å². The molecule has 0 bridgehead atoms. The summed E-state index contributed by atoms with van der Waals surface area (Å²) >= 11 is 0. The highest BCUT2D eigenvalue weighted by Crippen LogP contribution is 1.86. The number of nitrogens with one attached hydrogen (secondary N) is 2. The van der Waals surface area contributed by atoms with Crippen LogP contribution in [0.25, 0.3) is 0 Å². The van der Waals surface area contributed by atoms with Crippen LogP contribution < -0.4 is 11.0 Å². The molecule has 44 valence electrons. The third-order valence-corrected chi connectivity index (χ3v) is 0.621. The van der Waals surface area contributed by atoms with Crippen molar-refractivity contribution >= 4 is 6.41 Å². The Kier molecular flexibility index (Phi) is 1.34. The molecule has 0 aliphatic carbocycles. The Morgan fingerprint density at radius 2 is 2.75 bits per heavy atom. The molecule has 0 fully saturated rings. The summed E-state index contributed by atoms with van der Waals surface area (Å²) in [5, 5.41) is 1.27. The van der Waals surface area contributed by atoms with E-state index < -0.39 is 0 Å². The molecule has 1 rings (SSSR count). The number of rotatable bonds is 2. The van der Waals surface area contributed by atoms with Gasteiger partial charge in [-0.1, -0.05) is 0 Å². The van der Waals surface area contributed by atoms with Crippen LogP contribution in [-0.4, -0.2) is 11.5 Å². The summed E-state index contributed by atoms with van der Waals surface area (Å²) in [6.45, 7) is 0.